The molecule has 8 nitrogen and oxygen atoms in total. The second-order valence-electron chi connectivity index (χ2n) is 9.15. The number of hydrogen-bond acceptors (Lipinski definition) is 6. The molecule has 1 unspecified atom stereocenters. The van der Waals surface area contributed by atoms with E-state index in [4.69, 9.17) is 9.15 Å². The predicted octanol–water partition coefficient (Wildman–Crippen LogP) is 4.73. The van der Waals surface area contributed by atoms with Crippen molar-refractivity contribution in [1.29, 1.82) is 0 Å². The van der Waals surface area contributed by atoms with Gasteiger partial charge in [-0.1, -0.05) is 6.42 Å². The summed E-state index contributed by atoms with van der Waals surface area (Å²) in [5, 5.41) is 6.20. The predicted molar refractivity (Wildman–Crippen MR) is 114 cm³/mol. The van der Waals surface area contributed by atoms with Crippen LogP contribution in [0.5, 0.6) is 0 Å². The standard InChI is InChI=1S/C22H30N4O4/c1-22(2,3)30-21(28)26-12-5-4-9-18(26)25-20-24-16-13-15(10-11-17(16)29-20)23-19(27)14-7-6-8-14/h10-11,13-14,18H,4-9,12H2,1-3H3,(H,23,27)(H,24,25). The molecule has 2 heterocycles. The van der Waals surface area contributed by atoms with Gasteiger partial charge in [0.05, 0.1) is 0 Å². The average molecular weight is 415 g/mol. The molecule has 2 fully saturated rings. The van der Waals surface area contributed by atoms with Crippen LogP contribution in [-0.2, 0) is 9.53 Å². The fourth-order valence-corrected chi connectivity index (χ4v) is 3.74. The Labute approximate surface area is 176 Å². The minimum absolute atomic E-state index is 0.0673. The molecule has 1 aromatic carbocycles. The maximum atomic E-state index is 12.6. The summed E-state index contributed by atoms with van der Waals surface area (Å²) in [5.74, 6) is 0.193. The SMILES string of the molecule is CC(C)(C)OC(=O)N1CCCCC1Nc1nc2cc(NC(=O)C3CCC3)ccc2o1. The Balaban J connectivity index is 1.45. The molecule has 162 valence electrons. The van der Waals surface area contributed by atoms with Crippen LogP contribution in [-0.4, -0.2) is 40.2 Å². The highest BCUT2D eigenvalue weighted by Gasteiger charge is 2.31. The van der Waals surface area contributed by atoms with Crippen LogP contribution in [0, 0.1) is 5.92 Å². The molecule has 30 heavy (non-hydrogen) atoms. The van der Waals surface area contributed by atoms with E-state index in [0.717, 1.165) is 38.5 Å². The molecule has 0 bridgehead atoms. The van der Waals surface area contributed by atoms with Gasteiger partial charge in [0.25, 0.3) is 6.01 Å². The highest BCUT2D eigenvalue weighted by molar-refractivity contribution is 5.94. The third-order valence-electron chi connectivity index (χ3n) is 5.55. The maximum absolute atomic E-state index is 12.6. The minimum atomic E-state index is -0.545. The molecule has 1 aliphatic carbocycles. The molecule has 1 aromatic heterocycles. The summed E-state index contributed by atoms with van der Waals surface area (Å²) >= 11 is 0. The zero-order valence-corrected chi connectivity index (χ0v) is 17.9. The van der Waals surface area contributed by atoms with Gasteiger partial charge >= 0.3 is 6.09 Å². The van der Waals surface area contributed by atoms with E-state index in [9.17, 15) is 9.59 Å². The van der Waals surface area contributed by atoms with Gasteiger partial charge in [-0.2, -0.15) is 4.98 Å². The third kappa shape index (κ3) is 4.68. The van der Waals surface area contributed by atoms with E-state index in [1.165, 1.54) is 0 Å². The Morgan fingerprint density at radius 2 is 1.97 bits per heavy atom. The molecule has 2 amide bonds. The van der Waals surface area contributed by atoms with E-state index in [0.29, 0.717) is 29.3 Å². The van der Waals surface area contributed by atoms with Gasteiger partial charge in [-0.25, -0.2) is 4.79 Å². The molecule has 1 saturated carbocycles. The average Bonchev–Trinajstić information content (AvgIpc) is 3.00. The number of oxazole rings is 1. The highest BCUT2D eigenvalue weighted by Crippen LogP contribution is 2.29. The number of carbonyl (C=O) groups is 2. The van der Waals surface area contributed by atoms with Gasteiger partial charge in [0, 0.05) is 18.2 Å². The van der Waals surface area contributed by atoms with Crippen molar-refractivity contribution in [2.75, 3.05) is 17.2 Å². The largest absolute Gasteiger partial charge is 0.444 e. The van der Waals surface area contributed by atoms with Crippen molar-refractivity contribution >= 4 is 34.8 Å². The minimum Gasteiger partial charge on any atom is -0.444 e. The lowest BCUT2D eigenvalue weighted by atomic mass is 9.85. The number of anilines is 2. The van der Waals surface area contributed by atoms with E-state index in [-0.39, 0.29) is 24.1 Å². The molecule has 4 rings (SSSR count). The zero-order valence-electron chi connectivity index (χ0n) is 17.9. The summed E-state index contributed by atoms with van der Waals surface area (Å²) in [5.41, 5.74) is 1.45. The van der Waals surface area contributed by atoms with Crippen molar-refractivity contribution in [2.45, 2.75) is 71.1 Å². The van der Waals surface area contributed by atoms with Crippen molar-refractivity contribution in [3.05, 3.63) is 18.2 Å². The molecule has 1 aliphatic heterocycles. The molecule has 2 aliphatic rings. The Bertz CT molecular complexity index is 929. The summed E-state index contributed by atoms with van der Waals surface area (Å²) in [7, 11) is 0. The molecular formula is C22H30N4O4. The maximum Gasteiger partial charge on any atom is 0.411 e. The summed E-state index contributed by atoms with van der Waals surface area (Å²) in [6.45, 7) is 6.21. The Morgan fingerprint density at radius 3 is 2.67 bits per heavy atom. The fraction of sp³-hybridized carbons (Fsp3) is 0.591. The number of fused-ring (bicyclic) bond motifs is 1. The van der Waals surface area contributed by atoms with Crippen molar-refractivity contribution < 1.29 is 18.7 Å². The molecule has 0 radical (unpaired) electrons. The van der Waals surface area contributed by atoms with Crippen LogP contribution < -0.4 is 10.6 Å². The summed E-state index contributed by atoms with van der Waals surface area (Å²) < 4.78 is 11.4. The van der Waals surface area contributed by atoms with Gasteiger partial charge in [-0.05, 0) is 71.1 Å². The van der Waals surface area contributed by atoms with Crippen LogP contribution in [0.2, 0.25) is 0 Å². The van der Waals surface area contributed by atoms with E-state index < -0.39 is 5.60 Å². The first-order valence-corrected chi connectivity index (χ1v) is 10.8. The van der Waals surface area contributed by atoms with E-state index in [1.807, 2.05) is 32.9 Å². The lowest BCUT2D eigenvalue weighted by molar-refractivity contribution is -0.122. The van der Waals surface area contributed by atoms with Gasteiger partial charge in [0.15, 0.2) is 5.58 Å². The van der Waals surface area contributed by atoms with E-state index >= 15 is 0 Å². The Morgan fingerprint density at radius 1 is 1.17 bits per heavy atom. The first-order valence-electron chi connectivity index (χ1n) is 10.8. The first kappa shape index (κ1) is 20.5. The number of aromatic nitrogens is 1. The highest BCUT2D eigenvalue weighted by atomic mass is 16.6. The van der Waals surface area contributed by atoms with Crippen LogP contribution in [0.15, 0.2) is 22.6 Å². The number of carbonyl (C=O) groups excluding carboxylic acids is 2. The Hall–Kier alpha value is -2.77. The van der Waals surface area contributed by atoms with Gasteiger partial charge in [0.1, 0.15) is 17.3 Å². The normalized spacial score (nSPS) is 20.0. The van der Waals surface area contributed by atoms with Crippen LogP contribution >= 0.6 is 0 Å². The van der Waals surface area contributed by atoms with Crippen molar-refractivity contribution in [2.24, 2.45) is 5.92 Å². The number of nitrogens with one attached hydrogen (secondary N) is 2. The van der Waals surface area contributed by atoms with Crippen LogP contribution in [0.25, 0.3) is 11.1 Å². The summed E-state index contributed by atoms with van der Waals surface area (Å²) in [6.07, 6.45) is 5.21. The molecule has 2 aromatic rings. The molecule has 0 spiro atoms. The molecular weight excluding hydrogens is 384 g/mol. The van der Waals surface area contributed by atoms with Crippen molar-refractivity contribution in [1.82, 2.24) is 9.88 Å². The van der Waals surface area contributed by atoms with Gasteiger partial charge in [0.2, 0.25) is 5.91 Å². The number of piperidine rings is 1. The zero-order chi connectivity index (χ0) is 21.3. The van der Waals surface area contributed by atoms with E-state index in [1.54, 1.807) is 11.0 Å². The van der Waals surface area contributed by atoms with Crippen LogP contribution in [0.3, 0.4) is 0 Å². The van der Waals surface area contributed by atoms with Crippen molar-refractivity contribution in [3.63, 3.8) is 0 Å². The number of hydrogen-bond donors (Lipinski definition) is 2. The second kappa shape index (κ2) is 8.16. The first-order chi connectivity index (χ1) is 14.3. The second-order valence-corrected chi connectivity index (χ2v) is 9.15. The third-order valence-corrected chi connectivity index (χ3v) is 5.55. The topological polar surface area (TPSA) is 96.7 Å². The number of likely N-dealkylation sites (tertiary alicyclic amines) is 1. The number of benzene rings is 1. The summed E-state index contributed by atoms with van der Waals surface area (Å²) in [6, 6.07) is 5.79. The van der Waals surface area contributed by atoms with Crippen LogP contribution in [0.1, 0.15) is 59.3 Å². The van der Waals surface area contributed by atoms with Gasteiger partial charge < -0.3 is 19.8 Å². The number of rotatable bonds is 4. The number of nitrogens with zero attached hydrogens (tertiary/aromatic N) is 2. The lowest BCUT2D eigenvalue weighted by Crippen LogP contribution is -2.49. The summed E-state index contributed by atoms with van der Waals surface area (Å²) in [4.78, 5) is 31.0. The lowest BCUT2D eigenvalue weighted by Gasteiger charge is -2.36. The van der Waals surface area contributed by atoms with Gasteiger partial charge in [-0.3, -0.25) is 9.69 Å². The molecule has 2 N–H and O–H groups in total. The molecule has 8 heteroatoms. The monoisotopic (exact) mass is 414 g/mol. The quantitative estimate of drug-likeness (QED) is 0.751. The number of amides is 2. The van der Waals surface area contributed by atoms with E-state index in [2.05, 4.69) is 15.6 Å². The number of ether oxygens (including phenoxy) is 1. The van der Waals surface area contributed by atoms with Crippen molar-refractivity contribution in [3.8, 4) is 0 Å². The Kier molecular flexibility index (Phi) is 5.58. The smallest absolute Gasteiger partial charge is 0.411 e. The van der Waals surface area contributed by atoms with Crippen LogP contribution in [0.4, 0.5) is 16.5 Å². The van der Waals surface area contributed by atoms with Gasteiger partial charge in [-0.15, -0.1) is 0 Å². The molecule has 1 saturated heterocycles. The molecule has 1 atom stereocenters. The fourth-order valence-electron chi connectivity index (χ4n) is 3.74.